The van der Waals surface area contributed by atoms with E-state index < -0.39 is 4.92 Å². The lowest BCUT2D eigenvalue weighted by Gasteiger charge is -2.10. The summed E-state index contributed by atoms with van der Waals surface area (Å²) < 4.78 is 1.15. The minimum Gasteiger partial charge on any atom is -0.383 e. The maximum atomic E-state index is 12.5. The van der Waals surface area contributed by atoms with E-state index in [0.717, 1.165) is 4.68 Å². The standard InChI is InChI=1S/C18H17N5O4/c1-22-18(25)15-5-3-2-4-14(15)16(21-22)17(24)20-11-10-19-12-6-8-13(9-7-12)23(26)27/h2-9,19H,10-11H2,1H3,(H,20,24). The first-order valence-corrected chi connectivity index (χ1v) is 8.20. The number of nitrogens with one attached hydrogen (secondary N) is 2. The minimum absolute atomic E-state index is 0.0153. The number of carbonyl (C=O) groups is 1. The van der Waals surface area contributed by atoms with Gasteiger partial charge in [-0.1, -0.05) is 18.2 Å². The van der Waals surface area contributed by atoms with Crippen molar-refractivity contribution < 1.29 is 9.72 Å². The molecule has 138 valence electrons. The summed E-state index contributed by atoms with van der Waals surface area (Å²) in [5.74, 6) is -0.382. The molecule has 0 aliphatic heterocycles. The van der Waals surface area contributed by atoms with E-state index in [1.54, 1.807) is 36.4 Å². The number of benzene rings is 2. The van der Waals surface area contributed by atoms with Crippen LogP contribution in [-0.4, -0.2) is 33.7 Å². The molecular formula is C18H17N5O4. The van der Waals surface area contributed by atoms with E-state index in [0.29, 0.717) is 29.5 Å². The lowest BCUT2D eigenvalue weighted by Crippen LogP contribution is -2.32. The van der Waals surface area contributed by atoms with Crippen LogP contribution >= 0.6 is 0 Å². The van der Waals surface area contributed by atoms with Gasteiger partial charge in [0.2, 0.25) is 0 Å². The van der Waals surface area contributed by atoms with Crippen LogP contribution < -0.4 is 16.2 Å². The Kier molecular flexibility index (Phi) is 5.11. The lowest BCUT2D eigenvalue weighted by molar-refractivity contribution is -0.384. The van der Waals surface area contributed by atoms with Crippen LogP contribution in [0.3, 0.4) is 0 Å². The molecule has 0 saturated heterocycles. The molecule has 0 spiro atoms. The van der Waals surface area contributed by atoms with E-state index in [1.807, 2.05) is 0 Å². The van der Waals surface area contributed by atoms with Crippen molar-refractivity contribution in [3.05, 3.63) is 74.7 Å². The van der Waals surface area contributed by atoms with Crippen LogP contribution in [0.25, 0.3) is 10.8 Å². The van der Waals surface area contributed by atoms with Gasteiger partial charge in [-0.25, -0.2) is 4.68 Å². The number of carbonyl (C=O) groups excluding carboxylic acids is 1. The molecule has 9 nitrogen and oxygen atoms in total. The van der Waals surface area contributed by atoms with Crippen molar-refractivity contribution in [3.63, 3.8) is 0 Å². The van der Waals surface area contributed by atoms with Crippen molar-refractivity contribution in [1.82, 2.24) is 15.1 Å². The van der Waals surface area contributed by atoms with Crippen LogP contribution in [0.5, 0.6) is 0 Å². The topological polar surface area (TPSA) is 119 Å². The first-order valence-electron chi connectivity index (χ1n) is 8.20. The Hall–Kier alpha value is -3.75. The maximum Gasteiger partial charge on any atom is 0.274 e. The number of aryl methyl sites for hydroxylation is 1. The highest BCUT2D eigenvalue weighted by Crippen LogP contribution is 2.15. The van der Waals surface area contributed by atoms with Crippen molar-refractivity contribution in [2.75, 3.05) is 18.4 Å². The molecule has 0 aliphatic rings. The fourth-order valence-electron chi connectivity index (χ4n) is 2.64. The van der Waals surface area contributed by atoms with E-state index >= 15 is 0 Å². The zero-order valence-electron chi connectivity index (χ0n) is 14.5. The van der Waals surface area contributed by atoms with Gasteiger partial charge in [-0.05, 0) is 18.2 Å². The maximum absolute atomic E-state index is 12.5. The fourth-order valence-corrected chi connectivity index (χ4v) is 2.64. The smallest absolute Gasteiger partial charge is 0.274 e. The van der Waals surface area contributed by atoms with E-state index in [4.69, 9.17) is 0 Å². The summed E-state index contributed by atoms with van der Waals surface area (Å²) in [6.07, 6.45) is 0. The van der Waals surface area contributed by atoms with Crippen molar-refractivity contribution in [3.8, 4) is 0 Å². The third-order valence-corrected chi connectivity index (χ3v) is 3.99. The summed E-state index contributed by atoms with van der Waals surface area (Å²) in [7, 11) is 1.50. The van der Waals surface area contributed by atoms with Gasteiger partial charge >= 0.3 is 0 Å². The number of non-ortho nitro benzene ring substituents is 1. The molecule has 2 aromatic carbocycles. The summed E-state index contributed by atoms with van der Waals surface area (Å²) in [5, 5.41) is 21.5. The number of amides is 1. The number of hydrogen-bond donors (Lipinski definition) is 2. The molecule has 0 unspecified atom stereocenters. The van der Waals surface area contributed by atoms with Gasteiger partial charge < -0.3 is 10.6 Å². The quantitative estimate of drug-likeness (QED) is 0.389. The summed E-state index contributed by atoms with van der Waals surface area (Å²) in [4.78, 5) is 34.7. The molecule has 1 amide bonds. The Labute approximate surface area is 153 Å². The highest BCUT2D eigenvalue weighted by atomic mass is 16.6. The summed E-state index contributed by atoms with van der Waals surface area (Å²) in [5.41, 5.74) is 0.645. The van der Waals surface area contributed by atoms with E-state index in [-0.39, 0.29) is 22.8 Å². The molecule has 0 aliphatic carbocycles. The summed E-state index contributed by atoms with van der Waals surface area (Å²) in [6.45, 7) is 0.738. The molecule has 1 aromatic heterocycles. The van der Waals surface area contributed by atoms with Gasteiger partial charge in [-0.3, -0.25) is 19.7 Å². The van der Waals surface area contributed by atoms with Crippen molar-refractivity contribution in [2.45, 2.75) is 0 Å². The average Bonchev–Trinajstić information content (AvgIpc) is 2.68. The highest BCUT2D eigenvalue weighted by molar-refractivity contribution is 6.04. The van der Waals surface area contributed by atoms with E-state index in [2.05, 4.69) is 15.7 Å². The number of rotatable bonds is 6. The number of nitro groups is 1. The molecule has 1 heterocycles. The fraction of sp³-hybridized carbons (Fsp3) is 0.167. The zero-order valence-corrected chi connectivity index (χ0v) is 14.5. The first-order chi connectivity index (χ1) is 13.0. The molecule has 2 N–H and O–H groups in total. The van der Waals surface area contributed by atoms with Gasteiger partial charge in [-0.15, -0.1) is 0 Å². The van der Waals surface area contributed by atoms with Gasteiger partial charge in [-0.2, -0.15) is 5.10 Å². The van der Waals surface area contributed by atoms with Crippen LogP contribution in [0.1, 0.15) is 10.5 Å². The number of nitro benzene ring substituents is 1. The molecule has 3 aromatic rings. The Morgan fingerprint density at radius 2 is 1.78 bits per heavy atom. The number of fused-ring (bicyclic) bond motifs is 1. The third kappa shape index (κ3) is 3.92. The highest BCUT2D eigenvalue weighted by Gasteiger charge is 2.14. The van der Waals surface area contributed by atoms with E-state index in [9.17, 15) is 19.7 Å². The van der Waals surface area contributed by atoms with Gasteiger partial charge in [0.05, 0.1) is 10.3 Å². The average molecular weight is 367 g/mol. The Morgan fingerprint density at radius 1 is 1.11 bits per heavy atom. The van der Waals surface area contributed by atoms with Crippen LogP contribution in [0, 0.1) is 10.1 Å². The number of hydrogen-bond acceptors (Lipinski definition) is 6. The van der Waals surface area contributed by atoms with Crippen molar-refractivity contribution in [1.29, 1.82) is 0 Å². The molecular weight excluding hydrogens is 350 g/mol. The van der Waals surface area contributed by atoms with Gasteiger partial charge in [0.25, 0.3) is 17.2 Å². The monoisotopic (exact) mass is 367 g/mol. The Balaban J connectivity index is 1.63. The van der Waals surface area contributed by atoms with E-state index in [1.165, 1.54) is 19.2 Å². The number of nitrogens with zero attached hydrogens (tertiary/aromatic N) is 3. The Morgan fingerprint density at radius 3 is 2.44 bits per heavy atom. The first kappa shape index (κ1) is 18.1. The predicted molar refractivity (Wildman–Crippen MR) is 101 cm³/mol. The normalized spacial score (nSPS) is 10.6. The largest absolute Gasteiger partial charge is 0.383 e. The molecule has 0 bridgehead atoms. The van der Waals surface area contributed by atoms with Crippen molar-refractivity contribution >= 4 is 28.1 Å². The SMILES string of the molecule is Cn1nc(C(=O)NCCNc2ccc([N+](=O)[O-])cc2)c2ccccc2c1=O. The molecule has 27 heavy (non-hydrogen) atoms. The summed E-state index contributed by atoms with van der Waals surface area (Å²) >= 11 is 0. The van der Waals surface area contributed by atoms with Crippen LogP contribution in [0.4, 0.5) is 11.4 Å². The number of anilines is 1. The molecule has 3 rings (SSSR count). The van der Waals surface area contributed by atoms with Gasteiger partial charge in [0.1, 0.15) is 0 Å². The van der Waals surface area contributed by atoms with Gasteiger partial charge in [0, 0.05) is 43.3 Å². The van der Waals surface area contributed by atoms with Crippen LogP contribution in [0.15, 0.2) is 53.3 Å². The Bertz CT molecular complexity index is 1060. The van der Waals surface area contributed by atoms with Crippen molar-refractivity contribution in [2.24, 2.45) is 7.05 Å². The van der Waals surface area contributed by atoms with Crippen LogP contribution in [0.2, 0.25) is 0 Å². The molecule has 0 radical (unpaired) electrons. The minimum atomic E-state index is -0.464. The van der Waals surface area contributed by atoms with Crippen LogP contribution in [-0.2, 0) is 7.05 Å². The molecule has 0 fully saturated rings. The lowest BCUT2D eigenvalue weighted by atomic mass is 10.1. The third-order valence-electron chi connectivity index (χ3n) is 3.99. The molecule has 0 atom stereocenters. The number of aromatic nitrogens is 2. The van der Waals surface area contributed by atoms with Gasteiger partial charge in [0.15, 0.2) is 5.69 Å². The molecule has 9 heteroatoms. The second-order valence-corrected chi connectivity index (χ2v) is 5.81. The predicted octanol–water partition coefficient (Wildman–Crippen LogP) is 1.68. The zero-order chi connectivity index (χ0) is 19.4. The summed E-state index contributed by atoms with van der Waals surface area (Å²) in [6, 6.07) is 12.8. The molecule has 0 saturated carbocycles. The second kappa shape index (κ2) is 7.65. The second-order valence-electron chi connectivity index (χ2n) is 5.81.